The van der Waals surface area contributed by atoms with Crippen LogP contribution in [0.1, 0.15) is 37.4 Å². The first-order chi connectivity index (χ1) is 14.0. The predicted octanol–water partition coefficient (Wildman–Crippen LogP) is 3.34. The summed E-state index contributed by atoms with van der Waals surface area (Å²) in [4.78, 5) is 38.6. The molecule has 1 aliphatic rings. The average molecular weight is 394 g/mol. The van der Waals surface area contributed by atoms with Crippen LogP contribution in [0.5, 0.6) is 0 Å². The summed E-state index contributed by atoms with van der Waals surface area (Å²) in [5.74, 6) is -1.54. The minimum atomic E-state index is -0.551. The molecule has 0 aromatic heterocycles. The number of para-hydroxylation sites is 1. The van der Waals surface area contributed by atoms with Gasteiger partial charge in [0.25, 0.3) is 5.91 Å². The molecule has 6 heteroatoms. The van der Waals surface area contributed by atoms with Crippen molar-refractivity contribution in [2.24, 2.45) is 5.92 Å². The Kier molecular flexibility index (Phi) is 6.65. The van der Waals surface area contributed by atoms with Gasteiger partial charge in [-0.05, 0) is 30.5 Å². The SMILES string of the molecule is CCc1ccccc1NC(=O)COC(=O)[C@H]1CC(=O)N([C@@H](C)c2ccccc2)C1. The number of rotatable bonds is 7. The molecule has 1 fully saturated rings. The molecule has 1 saturated heterocycles. The third-order valence-corrected chi connectivity index (χ3v) is 5.26. The maximum absolute atomic E-state index is 12.4. The number of hydrogen-bond donors (Lipinski definition) is 1. The predicted molar refractivity (Wildman–Crippen MR) is 110 cm³/mol. The van der Waals surface area contributed by atoms with Crippen molar-refractivity contribution < 1.29 is 19.1 Å². The number of carbonyl (C=O) groups excluding carboxylic acids is 3. The number of carbonyl (C=O) groups is 3. The molecule has 0 bridgehead atoms. The fraction of sp³-hybridized carbons (Fsp3) is 0.348. The molecule has 1 heterocycles. The maximum atomic E-state index is 12.4. The highest BCUT2D eigenvalue weighted by Crippen LogP contribution is 2.29. The van der Waals surface area contributed by atoms with E-state index in [1.54, 1.807) is 4.90 Å². The van der Waals surface area contributed by atoms with E-state index in [4.69, 9.17) is 4.74 Å². The Morgan fingerprint density at radius 1 is 1.14 bits per heavy atom. The van der Waals surface area contributed by atoms with Crippen molar-refractivity contribution in [3.63, 3.8) is 0 Å². The topological polar surface area (TPSA) is 75.7 Å². The van der Waals surface area contributed by atoms with Gasteiger partial charge in [-0.2, -0.15) is 0 Å². The third-order valence-electron chi connectivity index (χ3n) is 5.26. The zero-order chi connectivity index (χ0) is 20.8. The fourth-order valence-corrected chi connectivity index (χ4v) is 3.57. The summed E-state index contributed by atoms with van der Waals surface area (Å²) in [7, 11) is 0. The number of nitrogens with one attached hydrogen (secondary N) is 1. The van der Waals surface area contributed by atoms with Gasteiger partial charge in [0.05, 0.1) is 12.0 Å². The van der Waals surface area contributed by atoms with Crippen molar-refractivity contribution in [2.45, 2.75) is 32.7 Å². The van der Waals surface area contributed by atoms with E-state index in [9.17, 15) is 14.4 Å². The maximum Gasteiger partial charge on any atom is 0.311 e. The van der Waals surface area contributed by atoms with E-state index in [2.05, 4.69) is 5.32 Å². The first-order valence-electron chi connectivity index (χ1n) is 9.88. The Morgan fingerprint density at radius 2 is 1.83 bits per heavy atom. The summed E-state index contributed by atoms with van der Waals surface area (Å²) in [6.07, 6.45) is 0.895. The molecule has 2 amide bonds. The van der Waals surface area contributed by atoms with Crippen LogP contribution in [-0.2, 0) is 25.5 Å². The van der Waals surface area contributed by atoms with Gasteiger partial charge in [-0.25, -0.2) is 0 Å². The molecule has 2 aromatic rings. The summed E-state index contributed by atoms with van der Waals surface area (Å²) >= 11 is 0. The van der Waals surface area contributed by atoms with Crippen LogP contribution in [0.2, 0.25) is 0 Å². The van der Waals surface area contributed by atoms with Crippen molar-refractivity contribution in [1.82, 2.24) is 4.90 Å². The average Bonchev–Trinajstić information content (AvgIpc) is 3.14. The lowest BCUT2D eigenvalue weighted by Gasteiger charge is -2.25. The molecule has 1 N–H and O–H groups in total. The van der Waals surface area contributed by atoms with Gasteiger partial charge in [-0.3, -0.25) is 14.4 Å². The van der Waals surface area contributed by atoms with Gasteiger partial charge < -0.3 is 15.0 Å². The highest BCUT2D eigenvalue weighted by atomic mass is 16.5. The molecular weight excluding hydrogens is 368 g/mol. The number of hydrogen-bond acceptors (Lipinski definition) is 4. The van der Waals surface area contributed by atoms with Crippen LogP contribution in [0, 0.1) is 5.92 Å². The lowest BCUT2D eigenvalue weighted by atomic mass is 10.1. The molecule has 1 aliphatic heterocycles. The quantitative estimate of drug-likeness (QED) is 0.731. The smallest absolute Gasteiger partial charge is 0.311 e. The Labute approximate surface area is 170 Å². The minimum Gasteiger partial charge on any atom is -0.455 e. The molecule has 2 aromatic carbocycles. The van der Waals surface area contributed by atoms with Crippen LogP contribution >= 0.6 is 0 Å². The monoisotopic (exact) mass is 394 g/mol. The zero-order valence-electron chi connectivity index (χ0n) is 16.8. The van der Waals surface area contributed by atoms with Crippen LogP contribution in [-0.4, -0.2) is 35.8 Å². The minimum absolute atomic E-state index is 0.0790. The van der Waals surface area contributed by atoms with Crippen molar-refractivity contribution >= 4 is 23.5 Å². The van der Waals surface area contributed by atoms with Crippen LogP contribution in [0.4, 0.5) is 5.69 Å². The van der Waals surface area contributed by atoms with Crippen molar-refractivity contribution in [1.29, 1.82) is 0 Å². The van der Waals surface area contributed by atoms with Gasteiger partial charge in [0.1, 0.15) is 0 Å². The molecule has 0 radical (unpaired) electrons. The van der Waals surface area contributed by atoms with Gasteiger partial charge in [0.15, 0.2) is 6.61 Å². The largest absolute Gasteiger partial charge is 0.455 e. The number of benzene rings is 2. The molecule has 29 heavy (non-hydrogen) atoms. The lowest BCUT2D eigenvalue weighted by Crippen LogP contribution is -2.30. The van der Waals surface area contributed by atoms with Gasteiger partial charge in [0, 0.05) is 18.7 Å². The van der Waals surface area contributed by atoms with E-state index in [1.165, 1.54) is 0 Å². The summed E-state index contributed by atoms with van der Waals surface area (Å²) in [5.41, 5.74) is 2.75. The molecule has 152 valence electrons. The number of amides is 2. The molecule has 6 nitrogen and oxygen atoms in total. The van der Waals surface area contributed by atoms with Crippen molar-refractivity contribution in [3.05, 3.63) is 65.7 Å². The number of likely N-dealkylation sites (tertiary alicyclic amines) is 1. The third kappa shape index (κ3) is 5.02. The Bertz CT molecular complexity index is 881. The lowest BCUT2D eigenvalue weighted by molar-refractivity contribution is -0.151. The molecular formula is C23H26N2O4. The second-order valence-corrected chi connectivity index (χ2v) is 7.20. The van der Waals surface area contributed by atoms with Gasteiger partial charge in [-0.1, -0.05) is 55.5 Å². The number of anilines is 1. The van der Waals surface area contributed by atoms with E-state index in [0.29, 0.717) is 6.54 Å². The van der Waals surface area contributed by atoms with E-state index < -0.39 is 17.8 Å². The summed E-state index contributed by atoms with van der Waals surface area (Å²) in [5, 5.41) is 2.77. The Hall–Kier alpha value is -3.15. The second-order valence-electron chi connectivity index (χ2n) is 7.20. The van der Waals surface area contributed by atoms with Crippen LogP contribution < -0.4 is 5.32 Å². The number of nitrogens with zero attached hydrogens (tertiary/aromatic N) is 1. The van der Waals surface area contributed by atoms with E-state index in [1.807, 2.05) is 68.4 Å². The van der Waals surface area contributed by atoms with Crippen LogP contribution in [0.15, 0.2) is 54.6 Å². The standard InChI is InChI=1S/C23H26N2O4/c1-3-17-9-7-8-12-20(17)24-21(26)15-29-23(28)19-13-22(27)25(14-19)16(2)18-10-5-4-6-11-18/h4-12,16,19H,3,13-15H2,1-2H3,(H,24,26)/t16-,19-/m0/s1. The Morgan fingerprint density at radius 3 is 2.55 bits per heavy atom. The number of ether oxygens (including phenoxy) is 1. The van der Waals surface area contributed by atoms with Gasteiger partial charge >= 0.3 is 5.97 Å². The summed E-state index contributed by atoms with van der Waals surface area (Å²) in [6, 6.07) is 17.1. The highest BCUT2D eigenvalue weighted by molar-refractivity contribution is 5.94. The summed E-state index contributed by atoms with van der Waals surface area (Å²) in [6.45, 7) is 3.88. The molecule has 0 aliphatic carbocycles. The van der Waals surface area contributed by atoms with Gasteiger partial charge in [0.2, 0.25) is 5.91 Å². The molecule has 2 atom stereocenters. The highest BCUT2D eigenvalue weighted by Gasteiger charge is 2.38. The van der Waals surface area contributed by atoms with Crippen molar-refractivity contribution in [2.75, 3.05) is 18.5 Å². The molecule has 0 saturated carbocycles. The van der Waals surface area contributed by atoms with E-state index >= 15 is 0 Å². The Balaban J connectivity index is 1.52. The van der Waals surface area contributed by atoms with E-state index in [0.717, 1.165) is 23.2 Å². The summed E-state index contributed by atoms with van der Waals surface area (Å²) < 4.78 is 5.19. The first-order valence-corrected chi connectivity index (χ1v) is 9.88. The van der Waals surface area contributed by atoms with Crippen LogP contribution in [0.25, 0.3) is 0 Å². The normalized spacial score (nSPS) is 17.1. The van der Waals surface area contributed by atoms with Gasteiger partial charge in [-0.15, -0.1) is 0 Å². The molecule has 3 rings (SSSR count). The number of aryl methyl sites for hydroxylation is 1. The second kappa shape index (κ2) is 9.37. The van der Waals surface area contributed by atoms with Crippen LogP contribution in [0.3, 0.4) is 0 Å². The fourth-order valence-electron chi connectivity index (χ4n) is 3.57. The molecule has 0 unspecified atom stereocenters. The number of esters is 1. The van der Waals surface area contributed by atoms with Crippen molar-refractivity contribution in [3.8, 4) is 0 Å². The first kappa shape index (κ1) is 20.6. The molecule has 0 spiro atoms. The zero-order valence-corrected chi connectivity index (χ0v) is 16.8. The van der Waals surface area contributed by atoms with E-state index in [-0.39, 0.29) is 25.0 Å².